The molecule has 0 atom stereocenters. The SMILES string of the molecule is CCN(CC1CCOCC1)C(=O)Nc1ccc(C=Cc2ccccn2)cc1. The molecule has 2 aromatic rings. The average Bonchev–Trinajstić information content (AvgIpc) is 2.73. The molecular weight excluding hydrogens is 338 g/mol. The summed E-state index contributed by atoms with van der Waals surface area (Å²) in [7, 11) is 0. The zero-order valence-electron chi connectivity index (χ0n) is 15.8. The molecule has 1 aromatic heterocycles. The molecule has 1 aliphatic rings. The molecule has 1 N–H and O–H groups in total. The predicted molar refractivity (Wildman–Crippen MR) is 109 cm³/mol. The van der Waals surface area contributed by atoms with Crippen molar-refractivity contribution in [2.24, 2.45) is 5.92 Å². The van der Waals surface area contributed by atoms with Crippen LogP contribution in [0.15, 0.2) is 48.7 Å². The molecule has 2 amide bonds. The number of benzene rings is 1. The van der Waals surface area contributed by atoms with Gasteiger partial charge in [0.1, 0.15) is 0 Å². The minimum Gasteiger partial charge on any atom is -0.381 e. The molecule has 0 unspecified atom stereocenters. The first kappa shape index (κ1) is 19.1. The van der Waals surface area contributed by atoms with Crippen molar-refractivity contribution >= 4 is 23.9 Å². The standard InChI is InChI=1S/C22H27N3O2/c1-2-25(17-19-12-15-27-16-13-19)22(26)24-21-10-7-18(8-11-21)6-9-20-5-3-4-14-23-20/h3-11,14,19H,2,12-13,15-17H2,1H3,(H,24,26). The first-order valence-electron chi connectivity index (χ1n) is 9.57. The number of carbonyl (C=O) groups excluding carboxylic acids is 1. The van der Waals surface area contributed by atoms with E-state index in [1.165, 1.54) is 0 Å². The number of urea groups is 1. The molecule has 0 radical (unpaired) electrons. The van der Waals surface area contributed by atoms with Crippen LogP contribution < -0.4 is 5.32 Å². The second kappa shape index (κ2) is 9.88. The van der Waals surface area contributed by atoms with Gasteiger partial charge in [0.15, 0.2) is 0 Å². The van der Waals surface area contributed by atoms with Crippen LogP contribution in [0.3, 0.4) is 0 Å². The van der Waals surface area contributed by atoms with Gasteiger partial charge in [0, 0.05) is 38.2 Å². The van der Waals surface area contributed by atoms with E-state index in [1.807, 2.05) is 66.4 Å². The number of carbonyl (C=O) groups is 1. The van der Waals surface area contributed by atoms with E-state index in [2.05, 4.69) is 10.3 Å². The molecule has 5 nitrogen and oxygen atoms in total. The van der Waals surface area contributed by atoms with Gasteiger partial charge in [-0.2, -0.15) is 0 Å². The van der Waals surface area contributed by atoms with Gasteiger partial charge in [0.25, 0.3) is 0 Å². The van der Waals surface area contributed by atoms with Crippen LogP contribution in [0, 0.1) is 5.92 Å². The summed E-state index contributed by atoms with van der Waals surface area (Å²) in [5.74, 6) is 0.531. The number of aromatic nitrogens is 1. The molecular formula is C22H27N3O2. The fourth-order valence-corrected chi connectivity index (χ4v) is 3.13. The molecule has 5 heteroatoms. The topological polar surface area (TPSA) is 54.5 Å². The van der Waals surface area contributed by atoms with Gasteiger partial charge in [0.05, 0.1) is 5.69 Å². The number of amides is 2. The van der Waals surface area contributed by atoms with Gasteiger partial charge in [-0.1, -0.05) is 24.3 Å². The average molecular weight is 365 g/mol. The van der Waals surface area contributed by atoms with Crippen LogP contribution in [-0.2, 0) is 4.74 Å². The van der Waals surface area contributed by atoms with Gasteiger partial charge in [-0.3, -0.25) is 4.98 Å². The van der Waals surface area contributed by atoms with Crippen molar-refractivity contribution in [1.29, 1.82) is 0 Å². The largest absolute Gasteiger partial charge is 0.381 e. The lowest BCUT2D eigenvalue weighted by atomic mass is 10.00. The fourth-order valence-electron chi connectivity index (χ4n) is 3.13. The Balaban J connectivity index is 1.54. The Labute approximate surface area is 161 Å². The molecule has 1 saturated heterocycles. The van der Waals surface area contributed by atoms with Crippen molar-refractivity contribution < 1.29 is 9.53 Å². The Morgan fingerprint density at radius 2 is 1.96 bits per heavy atom. The smallest absolute Gasteiger partial charge is 0.321 e. The van der Waals surface area contributed by atoms with Crippen molar-refractivity contribution in [2.45, 2.75) is 19.8 Å². The maximum atomic E-state index is 12.6. The van der Waals surface area contributed by atoms with Crippen LogP contribution in [0.2, 0.25) is 0 Å². The molecule has 142 valence electrons. The third-order valence-corrected chi connectivity index (χ3v) is 4.78. The summed E-state index contributed by atoms with van der Waals surface area (Å²) >= 11 is 0. The number of pyridine rings is 1. The molecule has 2 heterocycles. The van der Waals surface area contributed by atoms with E-state index in [9.17, 15) is 4.79 Å². The van der Waals surface area contributed by atoms with Crippen LogP contribution >= 0.6 is 0 Å². The molecule has 3 rings (SSSR count). The number of anilines is 1. The van der Waals surface area contributed by atoms with Crippen molar-refractivity contribution in [3.8, 4) is 0 Å². The normalized spacial score (nSPS) is 15.0. The lowest BCUT2D eigenvalue weighted by Gasteiger charge is -2.29. The second-order valence-electron chi connectivity index (χ2n) is 6.73. The lowest BCUT2D eigenvalue weighted by molar-refractivity contribution is 0.0576. The molecule has 0 bridgehead atoms. The fraction of sp³-hybridized carbons (Fsp3) is 0.364. The zero-order valence-corrected chi connectivity index (χ0v) is 15.8. The van der Waals surface area contributed by atoms with E-state index in [0.717, 1.165) is 49.5 Å². The van der Waals surface area contributed by atoms with E-state index < -0.39 is 0 Å². The summed E-state index contributed by atoms with van der Waals surface area (Å²) < 4.78 is 5.40. The van der Waals surface area contributed by atoms with E-state index in [0.29, 0.717) is 12.5 Å². The second-order valence-corrected chi connectivity index (χ2v) is 6.73. The Kier molecular flexibility index (Phi) is 6.99. The number of nitrogens with one attached hydrogen (secondary N) is 1. The van der Waals surface area contributed by atoms with Crippen molar-refractivity contribution in [2.75, 3.05) is 31.6 Å². The summed E-state index contributed by atoms with van der Waals surface area (Å²) in [5, 5.41) is 3.00. The van der Waals surface area contributed by atoms with Crippen LogP contribution in [0.25, 0.3) is 12.2 Å². The predicted octanol–water partition coefficient (Wildman–Crippen LogP) is 4.53. The molecule has 1 aliphatic heterocycles. The van der Waals surface area contributed by atoms with Gasteiger partial charge in [-0.25, -0.2) is 4.79 Å². The molecule has 0 saturated carbocycles. The van der Waals surface area contributed by atoms with Gasteiger partial charge in [-0.15, -0.1) is 0 Å². The van der Waals surface area contributed by atoms with Gasteiger partial charge in [-0.05, 0) is 61.6 Å². The lowest BCUT2D eigenvalue weighted by Crippen LogP contribution is -2.39. The van der Waals surface area contributed by atoms with Crippen molar-refractivity contribution in [1.82, 2.24) is 9.88 Å². The number of hydrogen-bond donors (Lipinski definition) is 1. The van der Waals surface area contributed by atoms with Crippen molar-refractivity contribution in [3.63, 3.8) is 0 Å². The Bertz CT molecular complexity index is 738. The van der Waals surface area contributed by atoms with Crippen molar-refractivity contribution in [3.05, 3.63) is 59.9 Å². The monoisotopic (exact) mass is 365 g/mol. The zero-order chi connectivity index (χ0) is 18.9. The van der Waals surface area contributed by atoms with Crippen LogP contribution in [-0.4, -0.2) is 42.2 Å². The highest BCUT2D eigenvalue weighted by atomic mass is 16.5. The Hall–Kier alpha value is -2.66. The highest BCUT2D eigenvalue weighted by Crippen LogP contribution is 2.17. The highest BCUT2D eigenvalue weighted by molar-refractivity contribution is 5.89. The van der Waals surface area contributed by atoms with E-state index in [4.69, 9.17) is 4.74 Å². The highest BCUT2D eigenvalue weighted by Gasteiger charge is 2.20. The van der Waals surface area contributed by atoms with Gasteiger partial charge < -0.3 is 15.0 Å². The van der Waals surface area contributed by atoms with Crippen LogP contribution in [0.4, 0.5) is 10.5 Å². The minimum absolute atomic E-state index is 0.0410. The summed E-state index contributed by atoms with van der Waals surface area (Å²) in [6, 6.07) is 13.6. The quantitative estimate of drug-likeness (QED) is 0.818. The van der Waals surface area contributed by atoms with E-state index in [1.54, 1.807) is 6.20 Å². The van der Waals surface area contributed by atoms with Gasteiger partial charge in [0.2, 0.25) is 0 Å². The summed E-state index contributed by atoms with van der Waals surface area (Å²) in [6.45, 7) is 5.11. The van der Waals surface area contributed by atoms with Gasteiger partial charge >= 0.3 is 6.03 Å². The van der Waals surface area contributed by atoms with E-state index in [-0.39, 0.29) is 6.03 Å². The van der Waals surface area contributed by atoms with Crippen LogP contribution in [0.1, 0.15) is 31.0 Å². The molecule has 0 spiro atoms. The minimum atomic E-state index is -0.0410. The third-order valence-electron chi connectivity index (χ3n) is 4.78. The summed E-state index contributed by atoms with van der Waals surface area (Å²) in [5.41, 5.74) is 2.79. The summed E-state index contributed by atoms with van der Waals surface area (Å²) in [6.07, 6.45) is 7.82. The van der Waals surface area contributed by atoms with Crippen LogP contribution in [0.5, 0.6) is 0 Å². The molecule has 0 aliphatic carbocycles. The summed E-state index contributed by atoms with van der Waals surface area (Å²) in [4.78, 5) is 18.7. The Morgan fingerprint density at radius 3 is 2.63 bits per heavy atom. The number of rotatable bonds is 6. The number of hydrogen-bond acceptors (Lipinski definition) is 3. The molecule has 27 heavy (non-hydrogen) atoms. The first-order chi connectivity index (χ1) is 13.2. The Morgan fingerprint density at radius 1 is 1.19 bits per heavy atom. The first-order valence-corrected chi connectivity index (χ1v) is 9.57. The third kappa shape index (κ3) is 5.93. The molecule has 1 aromatic carbocycles. The molecule has 1 fully saturated rings. The number of ether oxygens (including phenoxy) is 1. The maximum absolute atomic E-state index is 12.6. The maximum Gasteiger partial charge on any atom is 0.321 e. The number of nitrogens with zero attached hydrogens (tertiary/aromatic N) is 2. The van der Waals surface area contributed by atoms with E-state index >= 15 is 0 Å².